The molecule has 0 fully saturated rings. The van der Waals surface area contributed by atoms with Crippen LogP contribution in [0.2, 0.25) is 0 Å². The van der Waals surface area contributed by atoms with Crippen molar-refractivity contribution in [1.29, 1.82) is 0 Å². The molecule has 130 valence electrons. The molecule has 0 aliphatic rings. The van der Waals surface area contributed by atoms with Gasteiger partial charge in [0.05, 0.1) is 16.8 Å². The quantitative estimate of drug-likeness (QED) is 0.448. The topological polar surface area (TPSA) is 59.2 Å². The van der Waals surface area contributed by atoms with Crippen molar-refractivity contribution in [3.63, 3.8) is 0 Å². The molecule has 2 heterocycles. The molecule has 0 aliphatic carbocycles. The highest BCUT2D eigenvalue weighted by Crippen LogP contribution is 2.32. The van der Waals surface area contributed by atoms with E-state index < -0.39 is 0 Å². The van der Waals surface area contributed by atoms with Crippen LogP contribution in [0.4, 0.5) is 5.13 Å². The summed E-state index contributed by atoms with van der Waals surface area (Å²) in [6, 6.07) is 17.3. The lowest BCUT2D eigenvalue weighted by Gasteiger charge is -2.18. The van der Waals surface area contributed by atoms with Crippen LogP contribution in [0.15, 0.2) is 63.6 Å². The van der Waals surface area contributed by atoms with E-state index in [1.54, 1.807) is 17.9 Å². The minimum Gasteiger partial charge on any atom is -0.361 e. The molecule has 5 nitrogen and oxygen atoms in total. The van der Waals surface area contributed by atoms with E-state index in [-0.39, 0.29) is 11.6 Å². The molecule has 2 aromatic carbocycles. The summed E-state index contributed by atoms with van der Waals surface area (Å²) in [5.74, 6) is 0.366. The molecular weight excluding hydrogens is 414 g/mol. The standard InChI is InChI=1S/C19H14BrN3O2S/c1-12-9-16(22-25-12)18(24)23(11-13-5-3-2-4-6-13)19-21-15-8-7-14(20)10-17(15)26-19/h2-10H,11H2,1H3. The number of benzene rings is 2. The number of carbonyl (C=O) groups is 1. The van der Waals surface area contributed by atoms with Gasteiger partial charge in [-0.3, -0.25) is 9.69 Å². The summed E-state index contributed by atoms with van der Waals surface area (Å²) in [5.41, 5.74) is 2.15. The number of hydrogen-bond donors (Lipinski definition) is 0. The Morgan fingerprint density at radius 2 is 2.00 bits per heavy atom. The number of aryl methyl sites for hydroxylation is 1. The second-order valence-corrected chi connectivity index (χ2v) is 7.73. The predicted molar refractivity (Wildman–Crippen MR) is 106 cm³/mol. The number of hydrogen-bond acceptors (Lipinski definition) is 5. The van der Waals surface area contributed by atoms with Gasteiger partial charge >= 0.3 is 0 Å². The molecule has 0 saturated carbocycles. The minimum absolute atomic E-state index is 0.233. The molecule has 2 aromatic heterocycles. The van der Waals surface area contributed by atoms with E-state index in [9.17, 15) is 4.79 Å². The first-order chi connectivity index (χ1) is 12.6. The van der Waals surface area contributed by atoms with Gasteiger partial charge in [0.15, 0.2) is 10.8 Å². The van der Waals surface area contributed by atoms with Gasteiger partial charge in [0.1, 0.15) is 5.76 Å². The van der Waals surface area contributed by atoms with E-state index in [2.05, 4.69) is 26.1 Å². The summed E-state index contributed by atoms with van der Waals surface area (Å²) in [4.78, 5) is 19.4. The lowest BCUT2D eigenvalue weighted by molar-refractivity contribution is 0.0976. The van der Waals surface area contributed by atoms with Gasteiger partial charge in [-0.15, -0.1) is 0 Å². The van der Waals surface area contributed by atoms with Gasteiger partial charge in [0.25, 0.3) is 5.91 Å². The van der Waals surface area contributed by atoms with Crippen LogP contribution in [0, 0.1) is 6.92 Å². The third-order valence-electron chi connectivity index (χ3n) is 3.85. The van der Waals surface area contributed by atoms with Crippen molar-refractivity contribution < 1.29 is 9.32 Å². The third kappa shape index (κ3) is 3.40. The number of thiazole rings is 1. The number of nitrogens with zero attached hydrogens (tertiary/aromatic N) is 3. The average molecular weight is 428 g/mol. The number of carbonyl (C=O) groups excluding carboxylic acids is 1. The summed E-state index contributed by atoms with van der Waals surface area (Å²) in [5, 5.41) is 4.51. The maximum Gasteiger partial charge on any atom is 0.282 e. The molecule has 0 N–H and O–H groups in total. The van der Waals surface area contributed by atoms with Crippen LogP contribution in [-0.2, 0) is 6.54 Å². The SMILES string of the molecule is Cc1cc(C(=O)N(Cc2ccccc2)c2nc3ccc(Br)cc3s2)no1. The van der Waals surface area contributed by atoms with Crippen molar-refractivity contribution >= 4 is 48.5 Å². The van der Waals surface area contributed by atoms with Crippen LogP contribution in [0.3, 0.4) is 0 Å². The molecule has 0 atom stereocenters. The first-order valence-electron chi connectivity index (χ1n) is 7.95. The van der Waals surface area contributed by atoms with E-state index in [0.717, 1.165) is 20.3 Å². The van der Waals surface area contributed by atoms with Crippen molar-refractivity contribution in [3.05, 3.63) is 76.1 Å². The summed E-state index contributed by atoms with van der Waals surface area (Å²) in [7, 11) is 0. The number of anilines is 1. The van der Waals surface area contributed by atoms with E-state index in [0.29, 0.717) is 17.4 Å². The van der Waals surface area contributed by atoms with E-state index in [4.69, 9.17) is 4.52 Å². The fourth-order valence-electron chi connectivity index (χ4n) is 2.60. The van der Waals surface area contributed by atoms with Gasteiger partial charge in [-0.2, -0.15) is 0 Å². The second kappa shape index (κ2) is 7.01. The summed E-state index contributed by atoms with van der Waals surface area (Å²) >= 11 is 4.95. The van der Waals surface area contributed by atoms with Crippen LogP contribution in [0.1, 0.15) is 21.8 Å². The minimum atomic E-state index is -0.233. The molecule has 0 saturated heterocycles. The summed E-state index contributed by atoms with van der Waals surface area (Å²) in [6.45, 7) is 2.17. The molecule has 0 spiro atoms. The molecule has 4 aromatic rings. The van der Waals surface area contributed by atoms with Gasteiger partial charge in [-0.25, -0.2) is 4.98 Å². The first-order valence-corrected chi connectivity index (χ1v) is 9.56. The van der Waals surface area contributed by atoms with Gasteiger partial charge in [0, 0.05) is 10.5 Å². The van der Waals surface area contributed by atoms with E-state index >= 15 is 0 Å². The van der Waals surface area contributed by atoms with Crippen molar-refractivity contribution in [2.75, 3.05) is 4.90 Å². The van der Waals surface area contributed by atoms with Crippen molar-refractivity contribution in [2.45, 2.75) is 13.5 Å². The Hall–Kier alpha value is -2.51. The number of amides is 1. The van der Waals surface area contributed by atoms with Gasteiger partial charge in [0.2, 0.25) is 0 Å². The van der Waals surface area contributed by atoms with Gasteiger partial charge in [-0.1, -0.05) is 62.8 Å². The number of aromatic nitrogens is 2. The van der Waals surface area contributed by atoms with Gasteiger partial charge in [-0.05, 0) is 30.7 Å². The van der Waals surface area contributed by atoms with Crippen molar-refractivity contribution in [1.82, 2.24) is 10.1 Å². The number of halogens is 1. The van der Waals surface area contributed by atoms with Crippen molar-refractivity contribution in [2.24, 2.45) is 0 Å². The zero-order valence-corrected chi connectivity index (χ0v) is 16.3. The molecule has 1 amide bonds. The highest BCUT2D eigenvalue weighted by molar-refractivity contribution is 9.10. The molecule has 7 heteroatoms. The zero-order valence-electron chi connectivity index (χ0n) is 13.8. The highest BCUT2D eigenvalue weighted by Gasteiger charge is 2.24. The normalized spacial score (nSPS) is 11.0. The Balaban J connectivity index is 1.76. The van der Waals surface area contributed by atoms with Crippen molar-refractivity contribution in [3.8, 4) is 0 Å². The average Bonchev–Trinajstić information content (AvgIpc) is 3.25. The fraction of sp³-hybridized carbons (Fsp3) is 0.105. The smallest absolute Gasteiger partial charge is 0.282 e. The number of fused-ring (bicyclic) bond motifs is 1. The van der Waals surface area contributed by atoms with Crippen LogP contribution >= 0.6 is 27.3 Å². The molecule has 0 aliphatic heterocycles. The summed E-state index contributed by atoms with van der Waals surface area (Å²) < 4.78 is 7.07. The summed E-state index contributed by atoms with van der Waals surface area (Å²) in [6.07, 6.45) is 0. The fourth-order valence-corrected chi connectivity index (χ4v) is 4.11. The lowest BCUT2D eigenvalue weighted by Crippen LogP contribution is -2.30. The molecular formula is C19H14BrN3O2S. The predicted octanol–water partition coefficient (Wildman–Crippen LogP) is 5.20. The van der Waals surface area contributed by atoms with Crippen LogP contribution in [-0.4, -0.2) is 16.0 Å². The third-order valence-corrected chi connectivity index (χ3v) is 5.38. The van der Waals surface area contributed by atoms with Crippen LogP contribution in [0.25, 0.3) is 10.2 Å². The Bertz CT molecular complexity index is 1070. The van der Waals surface area contributed by atoms with Crippen LogP contribution < -0.4 is 4.90 Å². The molecule has 26 heavy (non-hydrogen) atoms. The van der Waals surface area contributed by atoms with E-state index in [1.807, 2.05) is 48.5 Å². The highest BCUT2D eigenvalue weighted by atomic mass is 79.9. The molecule has 0 radical (unpaired) electrons. The monoisotopic (exact) mass is 427 g/mol. The van der Waals surface area contributed by atoms with Crippen LogP contribution in [0.5, 0.6) is 0 Å². The maximum absolute atomic E-state index is 13.1. The maximum atomic E-state index is 13.1. The number of rotatable bonds is 4. The molecule has 0 bridgehead atoms. The van der Waals surface area contributed by atoms with Gasteiger partial charge < -0.3 is 4.52 Å². The Labute approximate surface area is 162 Å². The largest absolute Gasteiger partial charge is 0.361 e. The zero-order chi connectivity index (χ0) is 18.1. The van der Waals surface area contributed by atoms with E-state index in [1.165, 1.54) is 11.3 Å². The lowest BCUT2D eigenvalue weighted by atomic mass is 10.2. The Morgan fingerprint density at radius 3 is 2.73 bits per heavy atom. The second-order valence-electron chi connectivity index (χ2n) is 5.81. The Kier molecular flexibility index (Phi) is 4.57. The molecule has 0 unspecified atom stereocenters. The first kappa shape index (κ1) is 16.9. The molecule has 4 rings (SSSR count). The Morgan fingerprint density at radius 1 is 1.19 bits per heavy atom.